The van der Waals surface area contributed by atoms with E-state index < -0.39 is 0 Å². The number of nitrogens with two attached hydrogens (primary N) is 1. The molecule has 1 amide bonds. The molecule has 1 fully saturated rings. The Bertz CT molecular complexity index is 291. The van der Waals surface area contributed by atoms with Crippen molar-refractivity contribution < 1.29 is 4.79 Å². The van der Waals surface area contributed by atoms with Gasteiger partial charge in [-0.2, -0.15) is 0 Å². The Morgan fingerprint density at radius 3 is 2.50 bits per heavy atom. The Labute approximate surface area is 124 Å². The fourth-order valence-electron chi connectivity index (χ4n) is 3.03. The van der Waals surface area contributed by atoms with Crippen molar-refractivity contribution in [1.82, 2.24) is 10.2 Å². The molecule has 0 bridgehead atoms. The highest BCUT2D eigenvalue weighted by atomic mass is 16.1. The van der Waals surface area contributed by atoms with Gasteiger partial charge in [-0.1, -0.05) is 33.1 Å². The molecule has 3 N–H and O–H groups in total. The number of nitrogens with zero attached hydrogens (tertiary/aromatic N) is 1. The summed E-state index contributed by atoms with van der Waals surface area (Å²) >= 11 is 0. The van der Waals surface area contributed by atoms with Gasteiger partial charge in [0.1, 0.15) is 0 Å². The molecule has 0 aromatic rings. The molecule has 20 heavy (non-hydrogen) atoms. The Morgan fingerprint density at radius 2 is 1.90 bits per heavy atom. The van der Waals surface area contributed by atoms with Crippen LogP contribution in [0.1, 0.15) is 52.4 Å². The highest BCUT2D eigenvalue weighted by Gasteiger charge is 2.27. The summed E-state index contributed by atoms with van der Waals surface area (Å²) in [4.78, 5) is 14.6. The normalized spacial score (nSPS) is 25.6. The molecule has 0 aliphatic heterocycles. The zero-order chi connectivity index (χ0) is 15.1. The van der Waals surface area contributed by atoms with Crippen LogP contribution in [0.25, 0.3) is 0 Å². The second kappa shape index (κ2) is 8.63. The van der Waals surface area contributed by atoms with Crippen molar-refractivity contribution >= 4 is 5.91 Å². The van der Waals surface area contributed by atoms with E-state index in [1.165, 1.54) is 12.8 Å². The van der Waals surface area contributed by atoms with Gasteiger partial charge in [-0.25, -0.2) is 0 Å². The van der Waals surface area contributed by atoms with Crippen LogP contribution in [0.3, 0.4) is 0 Å². The molecule has 4 heteroatoms. The van der Waals surface area contributed by atoms with E-state index in [9.17, 15) is 4.79 Å². The molecule has 0 heterocycles. The van der Waals surface area contributed by atoms with Crippen molar-refractivity contribution in [3.8, 4) is 0 Å². The van der Waals surface area contributed by atoms with E-state index in [1.54, 1.807) is 0 Å². The fourth-order valence-corrected chi connectivity index (χ4v) is 3.03. The summed E-state index contributed by atoms with van der Waals surface area (Å²) in [6.45, 7) is 5.17. The van der Waals surface area contributed by atoms with Crippen LogP contribution in [-0.4, -0.2) is 43.5 Å². The molecule has 1 aliphatic rings. The molecule has 0 spiro atoms. The predicted octanol–water partition coefficient (Wildman–Crippen LogP) is 1.99. The smallest absolute Gasteiger partial charge is 0.224 e. The minimum atomic E-state index is 0.0133. The summed E-state index contributed by atoms with van der Waals surface area (Å²) in [5, 5.41) is 3.14. The maximum atomic E-state index is 12.4. The third kappa shape index (κ3) is 5.80. The number of carbonyl (C=O) groups excluding carboxylic acids is 1. The van der Waals surface area contributed by atoms with Crippen LogP contribution in [0.5, 0.6) is 0 Å². The molecule has 0 aromatic heterocycles. The molecule has 1 aliphatic carbocycles. The van der Waals surface area contributed by atoms with E-state index in [0.717, 1.165) is 32.2 Å². The molecular formula is C16H33N3O. The van der Waals surface area contributed by atoms with Gasteiger partial charge in [0.05, 0.1) is 5.92 Å². The van der Waals surface area contributed by atoms with Crippen molar-refractivity contribution in [1.29, 1.82) is 0 Å². The lowest BCUT2D eigenvalue weighted by molar-refractivity contribution is -0.126. The second-order valence-corrected chi connectivity index (χ2v) is 6.90. The Morgan fingerprint density at radius 1 is 1.25 bits per heavy atom. The number of rotatable bonds is 6. The van der Waals surface area contributed by atoms with Crippen molar-refractivity contribution in [3.05, 3.63) is 0 Å². The number of hydrogen-bond acceptors (Lipinski definition) is 3. The van der Waals surface area contributed by atoms with Crippen LogP contribution in [0, 0.1) is 11.8 Å². The molecule has 3 atom stereocenters. The third-order valence-corrected chi connectivity index (χ3v) is 4.39. The van der Waals surface area contributed by atoms with Crippen molar-refractivity contribution in [3.63, 3.8) is 0 Å². The highest BCUT2D eigenvalue weighted by molar-refractivity contribution is 5.79. The molecule has 1 rings (SSSR count). The fraction of sp³-hybridized carbons (Fsp3) is 0.938. The quantitative estimate of drug-likeness (QED) is 0.733. The van der Waals surface area contributed by atoms with E-state index >= 15 is 0 Å². The minimum absolute atomic E-state index is 0.0133. The van der Waals surface area contributed by atoms with Gasteiger partial charge in [-0.3, -0.25) is 4.79 Å². The van der Waals surface area contributed by atoms with E-state index in [2.05, 4.69) is 38.2 Å². The maximum Gasteiger partial charge on any atom is 0.224 e. The Kier molecular flexibility index (Phi) is 7.52. The molecule has 118 valence electrons. The zero-order valence-corrected chi connectivity index (χ0v) is 13.7. The van der Waals surface area contributed by atoms with Crippen molar-refractivity contribution in [2.24, 2.45) is 17.6 Å². The van der Waals surface area contributed by atoms with Gasteiger partial charge in [0, 0.05) is 18.6 Å². The molecule has 0 radical (unpaired) electrons. The van der Waals surface area contributed by atoms with Crippen molar-refractivity contribution in [2.75, 3.05) is 20.6 Å². The van der Waals surface area contributed by atoms with Crippen molar-refractivity contribution in [2.45, 2.75) is 64.5 Å². The first kappa shape index (κ1) is 17.4. The summed E-state index contributed by atoms with van der Waals surface area (Å²) in [6, 6.07) is 0.446. The summed E-state index contributed by atoms with van der Waals surface area (Å²) in [7, 11) is 4.16. The van der Waals surface area contributed by atoms with Gasteiger partial charge in [0.25, 0.3) is 0 Å². The number of hydrogen-bond donors (Lipinski definition) is 2. The topological polar surface area (TPSA) is 58.4 Å². The minimum Gasteiger partial charge on any atom is -0.354 e. The summed E-state index contributed by atoms with van der Waals surface area (Å²) < 4.78 is 0. The standard InChI is InChI=1S/C16H33N3O/c1-12(2)10-13(19(3)4)11-18-16(20)14-8-6-5-7-9-15(14)17/h12-15H,5-11,17H2,1-4H3,(H,18,20). The molecular weight excluding hydrogens is 250 g/mol. The summed E-state index contributed by atoms with van der Waals surface area (Å²) in [5.41, 5.74) is 6.16. The monoisotopic (exact) mass is 283 g/mol. The first-order chi connectivity index (χ1) is 9.41. The van der Waals surface area contributed by atoms with E-state index in [0.29, 0.717) is 12.0 Å². The van der Waals surface area contributed by atoms with Crippen LogP contribution < -0.4 is 11.1 Å². The second-order valence-electron chi connectivity index (χ2n) is 6.90. The molecule has 1 saturated carbocycles. The maximum absolute atomic E-state index is 12.4. The summed E-state index contributed by atoms with van der Waals surface area (Å²) in [6.07, 6.45) is 6.55. The lowest BCUT2D eigenvalue weighted by atomic mass is 9.94. The van der Waals surface area contributed by atoms with Gasteiger partial charge in [0.2, 0.25) is 5.91 Å². The number of nitrogens with one attached hydrogen (secondary N) is 1. The first-order valence-electron chi connectivity index (χ1n) is 8.11. The average Bonchev–Trinajstić information content (AvgIpc) is 2.58. The van der Waals surface area contributed by atoms with Crippen LogP contribution >= 0.6 is 0 Å². The van der Waals surface area contributed by atoms with Crippen LogP contribution in [0.15, 0.2) is 0 Å². The van der Waals surface area contributed by atoms with E-state index in [4.69, 9.17) is 5.73 Å². The summed E-state index contributed by atoms with van der Waals surface area (Å²) in [5.74, 6) is 0.814. The van der Waals surface area contributed by atoms with E-state index in [1.807, 2.05) is 0 Å². The number of likely N-dealkylation sites (N-methyl/N-ethyl adjacent to an activating group) is 1. The first-order valence-corrected chi connectivity index (χ1v) is 8.11. The number of amides is 1. The lowest BCUT2D eigenvalue weighted by Gasteiger charge is -2.28. The van der Waals surface area contributed by atoms with Crippen LogP contribution in [0.2, 0.25) is 0 Å². The Balaban J connectivity index is 2.47. The molecule has 4 nitrogen and oxygen atoms in total. The third-order valence-electron chi connectivity index (χ3n) is 4.39. The molecule has 0 saturated heterocycles. The largest absolute Gasteiger partial charge is 0.354 e. The van der Waals surface area contributed by atoms with Gasteiger partial charge in [0.15, 0.2) is 0 Å². The average molecular weight is 283 g/mol. The van der Waals surface area contributed by atoms with Crippen LogP contribution in [0.4, 0.5) is 0 Å². The lowest BCUT2D eigenvalue weighted by Crippen LogP contribution is -2.46. The Hall–Kier alpha value is -0.610. The van der Waals surface area contributed by atoms with Gasteiger partial charge in [-0.15, -0.1) is 0 Å². The molecule has 3 unspecified atom stereocenters. The van der Waals surface area contributed by atoms with Gasteiger partial charge >= 0.3 is 0 Å². The molecule has 0 aromatic carbocycles. The van der Waals surface area contributed by atoms with Gasteiger partial charge in [-0.05, 0) is 39.3 Å². The van der Waals surface area contributed by atoms with E-state index in [-0.39, 0.29) is 17.9 Å². The zero-order valence-electron chi connectivity index (χ0n) is 13.7. The van der Waals surface area contributed by atoms with Gasteiger partial charge < -0.3 is 16.0 Å². The highest BCUT2D eigenvalue weighted by Crippen LogP contribution is 2.22. The van der Waals surface area contributed by atoms with Crippen LogP contribution in [-0.2, 0) is 4.79 Å². The number of carbonyl (C=O) groups is 1. The SMILES string of the molecule is CC(C)CC(CNC(=O)C1CCCCCC1N)N(C)C. The predicted molar refractivity (Wildman–Crippen MR) is 84.5 cm³/mol.